The molecule has 9 heteroatoms. The molecule has 0 aliphatic carbocycles. The lowest BCUT2D eigenvalue weighted by molar-refractivity contribution is -0.117. The Balaban J connectivity index is 2.20. The minimum absolute atomic E-state index is 0.00404. The lowest BCUT2D eigenvalue weighted by Crippen LogP contribution is -2.26. The van der Waals surface area contributed by atoms with Crippen molar-refractivity contribution in [1.29, 1.82) is 0 Å². The second-order valence-corrected chi connectivity index (χ2v) is 6.17. The van der Waals surface area contributed by atoms with Gasteiger partial charge in [-0.3, -0.25) is 9.69 Å². The Morgan fingerprint density at radius 1 is 1.53 bits per heavy atom. The van der Waals surface area contributed by atoms with Gasteiger partial charge in [-0.15, -0.1) is 3.89 Å². The zero-order valence-corrected chi connectivity index (χ0v) is 11.6. The highest BCUT2D eigenvalue weighted by molar-refractivity contribution is 7.86. The molecule has 1 aliphatic rings. The summed E-state index contributed by atoms with van der Waals surface area (Å²) in [5.74, 6) is -1.23. The van der Waals surface area contributed by atoms with Crippen molar-refractivity contribution in [2.75, 3.05) is 17.2 Å². The van der Waals surface area contributed by atoms with Crippen LogP contribution < -0.4 is 4.90 Å². The lowest BCUT2D eigenvalue weighted by atomic mass is 10.1. The summed E-state index contributed by atoms with van der Waals surface area (Å²) in [6.07, 6.45) is -0.0240. The minimum Gasteiger partial charge on any atom is -0.296 e. The third-order valence-corrected chi connectivity index (χ3v) is 3.77. The summed E-state index contributed by atoms with van der Waals surface area (Å²) in [5, 5.41) is 0.00404. The molecule has 0 radical (unpaired) electrons. The highest BCUT2D eigenvalue weighted by Gasteiger charge is 2.34. The van der Waals surface area contributed by atoms with Gasteiger partial charge in [0.2, 0.25) is 11.2 Å². The highest BCUT2D eigenvalue weighted by atomic mass is 35.5. The summed E-state index contributed by atoms with van der Waals surface area (Å²) in [6.45, 7) is 1.80. The van der Waals surface area contributed by atoms with Gasteiger partial charge in [-0.1, -0.05) is 0 Å². The molecule has 6 nitrogen and oxygen atoms in total. The topological polar surface area (TPSA) is 80.2 Å². The maximum atomic E-state index is 12.6. The van der Waals surface area contributed by atoms with E-state index in [9.17, 15) is 17.1 Å². The Bertz CT molecular complexity index is 602. The number of halogens is 2. The third kappa shape index (κ3) is 3.60. The first-order chi connectivity index (χ1) is 8.74. The Hall–Kier alpha value is -1.28. The summed E-state index contributed by atoms with van der Waals surface area (Å²) < 4.78 is 33.8. The van der Waals surface area contributed by atoms with Gasteiger partial charge in [0.05, 0.1) is 5.75 Å². The molecule has 0 spiro atoms. The molecule has 0 saturated carbocycles. The average molecular weight is 308 g/mol. The fourth-order valence-corrected chi connectivity index (χ4v) is 3.06. The molecular weight excluding hydrogens is 297 g/mol. The first kappa shape index (κ1) is 14.1. The number of aryl methyl sites for hydroxylation is 1. The second-order valence-electron chi connectivity index (χ2n) is 4.42. The van der Waals surface area contributed by atoms with Gasteiger partial charge in [0, 0.05) is 30.6 Å². The van der Waals surface area contributed by atoms with Gasteiger partial charge in [-0.25, -0.2) is 9.97 Å². The van der Waals surface area contributed by atoms with Crippen LogP contribution >= 0.6 is 11.6 Å². The van der Waals surface area contributed by atoms with Crippen LogP contribution in [0.1, 0.15) is 12.1 Å². The monoisotopic (exact) mass is 307 g/mol. The largest absolute Gasteiger partial charge is 0.302 e. The summed E-state index contributed by atoms with van der Waals surface area (Å²) in [5.41, 5.74) is 0.587. The minimum atomic E-state index is -4.59. The molecule has 2 heterocycles. The van der Waals surface area contributed by atoms with Crippen molar-refractivity contribution >= 4 is 33.5 Å². The Morgan fingerprint density at radius 2 is 2.21 bits per heavy atom. The predicted molar refractivity (Wildman–Crippen MR) is 67.1 cm³/mol. The average Bonchev–Trinajstić information content (AvgIpc) is 2.54. The molecule has 0 aromatic carbocycles. The summed E-state index contributed by atoms with van der Waals surface area (Å²) in [7, 11) is -4.59. The molecule has 0 N–H and O–H groups in total. The van der Waals surface area contributed by atoms with E-state index in [1.165, 1.54) is 4.90 Å². The predicted octanol–water partition coefficient (Wildman–Crippen LogP) is 1.09. The van der Waals surface area contributed by atoms with Crippen LogP contribution in [-0.2, 0) is 15.0 Å². The van der Waals surface area contributed by atoms with E-state index in [4.69, 9.17) is 11.6 Å². The number of anilines is 1. The van der Waals surface area contributed by atoms with Crippen LogP contribution in [0.15, 0.2) is 6.07 Å². The molecule has 19 heavy (non-hydrogen) atoms. The molecule has 0 bridgehead atoms. The van der Waals surface area contributed by atoms with E-state index in [2.05, 4.69) is 9.97 Å². The SMILES string of the molecule is Cc1cc(N2CC(CS(=O)(=O)F)CC2=O)nc(Cl)n1. The van der Waals surface area contributed by atoms with E-state index in [-0.39, 0.29) is 24.2 Å². The number of aromatic nitrogens is 2. The number of amides is 1. The Kier molecular flexibility index (Phi) is 3.73. The van der Waals surface area contributed by atoms with Crippen molar-refractivity contribution < 1.29 is 17.1 Å². The summed E-state index contributed by atoms with van der Waals surface area (Å²) in [4.78, 5) is 20.9. The molecule has 1 aromatic rings. The van der Waals surface area contributed by atoms with E-state index in [1.807, 2.05) is 0 Å². The number of hydrogen-bond acceptors (Lipinski definition) is 5. The second kappa shape index (κ2) is 5.01. The molecule has 1 aliphatic heterocycles. The molecule has 104 valence electrons. The van der Waals surface area contributed by atoms with Crippen molar-refractivity contribution in [3.05, 3.63) is 17.0 Å². The van der Waals surface area contributed by atoms with E-state index in [0.717, 1.165) is 0 Å². The maximum Gasteiger partial charge on any atom is 0.302 e. The van der Waals surface area contributed by atoms with Crippen LogP contribution in [0.25, 0.3) is 0 Å². The van der Waals surface area contributed by atoms with Crippen molar-refractivity contribution in [2.24, 2.45) is 5.92 Å². The van der Waals surface area contributed by atoms with Gasteiger partial charge in [0.15, 0.2) is 0 Å². The van der Waals surface area contributed by atoms with Gasteiger partial charge in [-0.05, 0) is 18.5 Å². The molecular formula is C10H11ClFN3O3S. The van der Waals surface area contributed by atoms with Crippen LogP contribution in [-0.4, -0.2) is 36.6 Å². The molecule has 2 rings (SSSR count). The van der Waals surface area contributed by atoms with E-state index >= 15 is 0 Å². The maximum absolute atomic E-state index is 12.6. The van der Waals surface area contributed by atoms with E-state index in [0.29, 0.717) is 11.5 Å². The fraction of sp³-hybridized carbons (Fsp3) is 0.500. The standard InChI is InChI=1S/C10H11ClFN3O3S/c1-6-2-8(14-10(11)13-6)15-4-7(3-9(15)16)5-19(12,17)18/h2,7H,3-5H2,1H3. The fourth-order valence-electron chi connectivity index (χ4n) is 2.05. The molecule has 1 aromatic heterocycles. The van der Waals surface area contributed by atoms with Crippen LogP contribution in [0.3, 0.4) is 0 Å². The van der Waals surface area contributed by atoms with Crippen molar-refractivity contribution in [2.45, 2.75) is 13.3 Å². The highest BCUT2D eigenvalue weighted by Crippen LogP contribution is 2.25. The first-order valence-electron chi connectivity index (χ1n) is 5.48. The Labute approximate surface area is 114 Å². The molecule has 1 unspecified atom stereocenters. The van der Waals surface area contributed by atoms with Gasteiger partial charge in [0.1, 0.15) is 5.82 Å². The van der Waals surface area contributed by atoms with E-state index in [1.54, 1.807) is 13.0 Å². The first-order valence-corrected chi connectivity index (χ1v) is 7.41. The molecule has 1 saturated heterocycles. The zero-order valence-electron chi connectivity index (χ0n) is 10.0. The third-order valence-electron chi connectivity index (χ3n) is 2.73. The molecule has 1 amide bonds. The van der Waals surface area contributed by atoms with Gasteiger partial charge < -0.3 is 0 Å². The quantitative estimate of drug-likeness (QED) is 0.617. The zero-order chi connectivity index (χ0) is 14.2. The van der Waals surface area contributed by atoms with E-state index < -0.39 is 21.9 Å². The van der Waals surface area contributed by atoms with Crippen molar-refractivity contribution in [3.8, 4) is 0 Å². The number of carbonyl (C=O) groups excluding carboxylic acids is 1. The lowest BCUT2D eigenvalue weighted by Gasteiger charge is -2.15. The van der Waals surface area contributed by atoms with Gasteiger partial charge >= 0.3 is 10.2 Å². The van der Waals surface area contributed by atoms with Gasteiger partial charge in [0.25, 0.3) is 0 Å². The van der Waals surface area contributed by atoms with Crippen molar-refractivity contribution in [3.63, 3.8) is 0 Å². The normalized spacial score (nSPS) is 20.1. The summed E-state index contributed by atoms with van der Waals surface area (Å²) in [6, 6.07) is 1.57. The van der Waals surface area contributed by atoms with Crippen LogP contribution in [0.2, 0.25) is 5.28 Å². The van der Waals surface area contributed by atoms with Crippen molar-refractivity contribution in [1.82, 2.24) is 9.97 Å². The Morgan fingerprint density at radius 3 is 2.79 bits per heavy atom. The number of carbonyl (C=O) groups is 1. The number of rotatable bonds is 3. The number of nitrogens with zero attached hydrogens (tertiary/aromatic N) is 3. The smallest absolute Gasteiger partial charge is 0.296 e. The van der Waals surface area contributed by atoms with Crippen LogP contribution in [0, 0.1) is 12.8 Å². The van der Waals surface area contributed by atoms with Crippen LogP contribution in [0.5, 0.6) is 0 Å². The molecule has 1 fully saturated rings. The number of hydrogen-bond donors (Lipinski definition) is 0. The molecule has 1 atom stereocenters. The van der Waals surface area contributed by atoms with Gasteiger partial charge in [-0.2, -0.15) is 8.42 Å². The summed E-state index contributed by atoms with van der Waals surface area (Å²) >= 11 is 5.70. The van der Waals surface area contributed by atoms with Crippen LogP contribution in [0.4, 0.5) is 9.70 Å².